The average molecular weight is 262 g/mol. The number of rotatable bonds is 6. The van der Waals surface area contributed by atoms with Crippen molar-refractivity contribution in [3.8, 4) is 0 Å². The van der Waals surface area contributed by atoms with Crippen molar-refractivity contribution in [1.82, 2.24) is 20.1 Å². The van der Waals surface area contributed by atoms with Crippen LogP contribution in [0.25, 0.3) is 0 Å². The summed E-state index contributed by atoms with van der Waals surface area (Å²) in [6.45, 7) is 0.821. The fourth-order valence-corrected chi connectivity index (χ4v) is 2.24. The fraction of sp³-hybridized carbons (Fsp3) is 0.429. The molecule has 1 atom stereocenters. The lowest BCUT2D eigenvalue weighted by molar-refractivity contribution is 0.461. The largest absolute Gasteiger partial charge is 0.319 e. The maximum Gasteiger partial charge on any atom is 0.138 e. The van der Waals surface area contributed by atoms with Gasteiger partial charge in [-0.2, -0.15) is 5.10 Å². The number of nitrogens with one attached hydrogen (secondary N) is 1. The molecule has 0 spiro atoms. The van der Waals surface area contributed by atoms with Crippen LogP contribution in [0.5, 0.6) is 0 Å². The standard InChI is InChI=1S/C14H19FN4/c1-16-9-11(8-14-17-10-18-19(14)2)7-12-5-3-4-6-13(12)15/h3-6,10-11,16H,7-9H2,1-2H3. The summed E-state index contributed by atoms with van der Waals surface area (Å²) in [5, 5.41) is 7.22. The lowest BCUT2D eigenvalue weighted by atomic mass is 9.95. The second-order valence-electron chi connectivity index (χ2n) is 4.72. The molecule has 0 saturated carbocycles. The van der Waals surface area contributed by atoms with E-state index in [1.54, 1.807) is 17.1 Å². The van der Waals surface area contributed by atoms with E-state index >= 15 is 0 Å². The van der Waals surface area contributed by atoms with Crippen molar-refractivity contribution >= 4 is 0 Å². The van der Waals surface area contributed by atoms with Gasteiger partial charge in [-0.3, -0.25) is 4.68 Å². The number of aryl methyl sites for hydroxylation is 1. The summed E-state index contributed by atoms with van der Waals surface area (Å²) in [6.07, 6.45) is 3.03. The second kappa shape index (κ2) is 6.43. The van der Waals surface area contributed by atoms with Crippen molar-refractivity contribution in [3.63, 3.8) is 0 Å². The third kappa shape index (κ3) is 3.61. The average Bonchev–Trinajstić information content (AvgIpc) is 2.78. The number of benzene rings is 1. The highest BCUT2D eigenvalue weighted by Gasteiger charge is 2.15. The van der Waals surface area contributed by atoms with Crippen molar-refractivity contribution in [2.24, 2.45) is 13.0 Å². The first-order chi connectivity index (χ1) is 9.20. The summed E-state index contributed by atoms with van der Waals surface area (Å²) in [5.41, 5.74) is 0.755. The molecular weight excluding hydrogens is 243 g/mol. The number of aromatic nitrogens is 3. The quantitative estimate of drug-likeness (QED) is 0.859. The number of hydrogen-bond donors (Lipinski definition) is 1. The minimum Gasteiger partial charge on any atom is -0.319 e. The van der Waals surface area contributed by atoms with Gasteiger partial charge in [0.1, 0.15) is 18.0 Å². The van der Waals surface area contributed by atoms with E-state index in [0.717, 1.165) is 24.4 Å². The molecule has 0 saturated heterocycles. The number of halogens is 1. The van der Waals surface area contributed by atoms with Gasteiger partial charge in [-0.25, -0.2) is 9.37 Å². The van der Waals surface area contributed by atoms with Crippen LogP contribution >= 0.6 is 0 Å². The van der Waals surface area contributed by atoms with Gasteiger partial charge in [-0.15, -0.1) is 0 Å². The molecule has 5 heteroatoms. The fourth-order valence-electron chi connectivity index (χ4n) is 2.24. The molecule has 0 amide bonds. The topological polar surface area (TPSA) is 42.7 Å². The van der Waals surface area contributed by atoms with Crippen molar-refractivity contribution in [1.29, 1.82) is 0 Å². The summed E-state index contributed by atoms with van der Waals surface area (Å²) >= 11 is 0. The van der Waals surface area contributed by atoms with E-state index in [0.29, 0.717) is 12.3 Å². The molecule has 2 rings (SSSR count). The molecule has 0 radical (unpaired) electrons. The summed E-state index contributed by atoms with van der Waals surface area (Å²) in [6, 6.07) is 6.94. The van der Waals surface area contributed by atoms with Crippen molar-refractivity contribution in [2.75, 3.05) is 13.6 Å². The molecule has 19 heavy (non-hydrogen) atoms. The van der Waals surface area contributed by atoms with Crippen LogP contribution in [0, 0.1) is 11.7 Å². The van der Waals surface area contributed by atoms with Crippen molar-refractivity contribution in [3.05, 3.63) is 47.8 Å². The molecule has 0 aliphatic heterocycles. The van der Waals surface area contributed by atoms with Crippen LogP contribution in [-0.2, 0) is 19.9 Å². The Hall–Kier alpha value is -1.75. The van der Waals surface area contributed by atoms with Gasteiger partial charge in [0, 0.05) is 13.5 Å². The second-order valence-corrected chi connectivity index (χ2v) is 4.72. The first-order valence-corrected chi connectivity index (χ1v) is 6.41. The molecule has 0 fully saturated rings. The van der Waals surface area contributed by atoms with Gasteiger partial charge in [0.25, 0.3) is 0 Å². The smallest absolute Gasteiger partial charge is 0.138 e. The van der Waals surface area contributed by atoms with Crippen molar-refractivity contribution < 1.29 is 4.39 Å². The highest BCUT2D eigenvalue weighted by Crippen LogP contribution is 2.15. The van der Waals surface area contributed by atoms with E-state index < -0.39 is 0 Å². The van der Waals surface area contributed by atoms with Gasteiger partial charge in [-0.1, -0.05) is 18.2 Å². The van der Waals surface area contributed by atoms with Gasteiger partial charge in [0.15, 0.2) is 0 Å². The Bertz CT molecular complexity index is 524. The van der Waals surface area contributed by atoms with Crippen LogP contribution in [0.3, 0.4) is 0 Å². The Morgan fingerprint density at radius 2 is 2.11 bits per heavy atom. The molecule has 1 unspecified atom stereocenters. The highest BCUT2D eigenvalue weighted by atomic mass is 19.1. The molecule has 102 valence electrons. The number of hydrogen-bond acceptors (Lipinski definition) is 3. The molecule has 0 bridgehead atoms. The van der Waals surface area contributed by atoms with Crippen LogP contribution in [0.4, 0.5) is 4.39 Å². The van der Waals surface area contributed by atoms with Crippen LogP contribution in [0.15, 0.2) is 30.6 Å². The first kappa shape index (κ1) is 13.7. The molecule has 1 heterocycles. The van der Waals surface area contributed by atoms with Crippen LogP contribution in [0.2, 0.25) is 0 Å². The molecule has 1 aromatic heterocycles. The summed E-state index contributed by atoms with van der Waals surface area (Å²) in [7, 11) is 3.78. The van der Waals surface area contributed by atoms with Crippen LogP contribution in [0.1, 0.15) is 11.4 Å². The summed E-state index contributed by atoms with van der Waals surface area (Å²) in [5.74, 6) is 1.09. The lowest BCUT2D eigenvalue weighted by Gasteiger charge is -2.16. The zero-order valence-corrected chi connectivity index (χ0v) is 11.3. The molecule has 0 aliphatic rings. The zero-order valence-electron chi connectivity index (χ0n) is 11.3. The SMILES string of the molecule is CNCC(Cc1ccccc1F)Cc1ncnn1C. The zero-order chi connectivity index (χ0) is 13.7. The van der Waals surface area contributed by atoms with Gasteiger partial charge < -0.3 is 5.32 Å². The molecule has 2 aromatic rings. The minimum absolute atomic E-state index is 0.137. The Labute approximate surface area is 112 Å². The monoisotopic (exact) mass is 262 g/mol. The van der Waals surface area contributed by atoms with Crippen molar-refractivity contribution in [2.45, 2.75) is 12.8 Å². The van der Waals surface area contributed by atoms with E-state index in [1.807, 2.05) is 26.2 Å². The Morgan fingerprint density at radius 3 is 2.74 bits per heavy atom. The maximum atomic E-state index is 13.7. The molecule has 0 aliphatic carbocycles. The summed E-state index contributed by atoms with van der Waals surface area (Å²) in [4.78, 5) is 4.23. The lowest BCUT2D eigenvalue weighted by Crippen LogP contribution is -2.24. The van der Waals surface area contributed by atoms with E-state index in [-0.39, 0.29) is 5.82 Å². The number of nitrogens with zero attached hydrogens (tertiary/aromatic N) is 3. The van der Waals surface area contributed by atoms with E-state index in [1.165, 1.54) is 6.07 Å². The Balaban J connectivity index is 2.08. The normalized spacial score (nSPS) is 12.6. The van der Waals surface area contributed by atoms with E-state index in [4.69, 9.17) is 0 Å². The minimum atomic E-state index is -0.137. The van der Waals surface area contributed by atoms with Crippen LogP contribution in [-0.4, -0.2) is 28.4 Å². The predicted molar refractivity (Wildman–Crippen MR) is 72.2 cm³/mol. The van der Waals surface area contributed by atoms with Crippen LogP contribution < -0.4 is 5.32 Å². The molecule has 1 N–H and O–H groups in total. The van der Waals surface area contributed by atoms with E-state index in [2.05, 4.69) is 15.4 Å². The molecular formula is C14H19FN4. The molecule has 1 aromatic carbocycles. The third-order valence-corrected chi connectivity index (χ3v) is 3.24. The highest BCUT2D eigenvalue weighted by molar-refractivity contribution is 5.18. The Morgan fingerprint density at radius 1 is 1.32 bits per heavy atom. The van der Waals surface area contributed by atoms with Gasteiger partial charge >= 0.3 is 0 Å². The molecule has 4 nitrogen and oxygen atoms in total. The Kier molecular flexibility index (Phi) is 4.63. The first-order valence-electron chi connectivity index (χ1n) is 6.41. The van der Waals surface area contributed by atoms with Gasteiger partial charge in [0.05, 0.1) is 0 Å². The van der Waals surface area contributed by atoms with Gasteiger partial charge in [0.2, 0.25) is 0 Å². The summed E-state index contributed by atoms with van der Waals surface area (Å²) < 4.78 is 15.5. The maximum absolute atomic E-state index is 13.7. The van der Waals surface area contributed by atoms with Gasteiger partial charge in [-0.05, 0) is 37.6 Å². The third-order valence-electron chi connectivity index (χ3n) is 3.24. The van der Waals surface area contributed by atoms with E-state index in [9.17, 15) is 4.39 Å². The predicted octanol–water partition coefficient (Wildman–Crippen LogP) is 1.57.